The molecule has 5 rings (SSSR count). The number of carbonyl (C=O) groups excluding carboxylic acids is 1. The van der Waals surface area contributed by atoms with Crippen LogP contribution in [0.5, 0.6) is 5.75 Å². The lowest BCUT2D eigenvalue weighted by Gasteiger charge is -2.35. The summed E-state index contributed by atoms with van der Waals surface area (Å²) in [5, 5.41) is 6.12. The summed E-state index contributed by atoms with van der Waals surface area (Å²) < 4.78 is 5.73. The maximum Gasteiger partial charge on any atom is 0.161 e. The number of ether oxygens (including phenoxy) is 1. The molecule has 3 aromatic rings. The molecule has 0 spiro atoms. The van der Waals surface area contributed by atoms with Crippen molar-refractivity contribution in [1.29, 1.82) is 0 Å². The van der Waals surface area contributed by atoms with E-state index in [1.165, 1.54) is 21.9 Å². The van der Waals surface area contributed by atoms with Gasteiger partial charge in [-0.05, 0) is 59.4 Å². The normalized spacial score (nSPS) is 18.2. The standard InChI is InChI=1S/C26H25NO2/c1-2-16-29-19-13-10-18(11-14-19)26-25-21(8-5-9-23(25)28)24-20-7-4-3-6-17(20)12-15-22(24)27-26/h3-4,6-7,10-15,26-27H,2,5,8-9,16H2,1H3/t26-/m1/s1. The minimum Gasteiger partial charge on any atom is -0.494 e. The third kappa shape index (κ3) is 3.11. The number of benzene rings is 3. The Kier molecular flexibility index (Phi) is 4.59. The molecule has 146 valence electrons. The van der Waals surface area contributed by atoms with Crippen LogP contribution < -0.4 is 10.1 Å². The van der Waals surface area contributed by atoms with Crippen molar-refractivity contribution in [2.45, 2.75) is 38.6 Å². The second-order valence-corrected chi connectivity index (χ2v) is 7.87. The minimum atomic E-state index is -0.105. The monoisotopic (exact) mass is 383 g/mol. The van der Waals surface area contributed by atoms with Gasteiger partial charge in [-0.2, -0.15) is 0 Å². The number of Topliss-reactive ketones (excluding diaryl/α,β-unsaturated/α-hetero) is 1. The third-order valence-electron chi connectivity index (χ3n) is 5.96. The average molecular weight is 383 g/mol. The van der Waals surface area contributed by atoms with Crippen LogP contribution in [-0.4, -0.2) is 12.4 Å². The molecular weight excluding hydrogens is 358 g/mol. The molecule has 0 radical (unpaired) electrons. The fourth-order valence-electron chi connectivity index (χ4n) is 4.63. The summed E-state index contributed by atoms with van der Waals surface area (Å²) in [6.45, 7) is 2.82. The Morgan fingerprint density at radius 2 is 1.83 bits per heavy atom. The van der Waals surface area contributed by atoms with E-state index in [2.05, 4.69) is 60.8 Å². The number of ketones is 1. The lowest BCUT2D eigenvalue weighted by molar-refractivity contribution is -0.116. The van der Waals surface area contributed by atoms with E-state index < -0.39 is 0 Å². The Hall–Kier alpha value is -3.07. The average Bonchev–Trinajstić information content (AvgIpc) is 2.77. The van der Waals surface area contributed by atoms with Crippen LogP contribution in [0.1, 0.15) is 49.8 Å². The van der Waals surface area contributed by atoms with Crippen LogP contribution in [0.15, 0.2) is 66.2 Å². The van der Waals surface area contributed by atoms with E-state index in [4.69, 9.17) is 4.74 Å². The zero-order valence-corrected chi connectivity index (χ0v) is 16.7. The van der Waals surface area contributed by atoms with Crippen LogP contribution in [0.25, 0.3) is 16.3 Å². The van der Waals surface area contributed by atoms with Gasteiger partial charge in [0.25, 0.3) is 0 Å². The molecule has 0 saturated heterocycles. The fourth-order valence-corrected chi connectivity index (χ4v) is 4.63. The van der Waals surface area contributed by atoms with Crippen LogP contribution in [-0.2, 0) is 4.79 Å². The summed E-state index contributed by atoms with van der Waals surface area (Å²) in [7, 11) is 0. The van der Waals surface area contributed by atoms with Crippen LogP contribution >= 0.6 is 0 Å². The van der Waals surface area contributed by atoms with Crippen molar-refractivity contribution in [1.82, 2.24) is 0 Å². The van der Waals surface area contributed by atoms with E-state index in [-0.39, 0.29) is 11.8 Å². The largest absolute Gasteiger partial charge is 0.494 e. The van der Waals surface area contributed by atoms with E-state index in [9.17, 15) is 4.79 Å². The van der Waals surface area contributed by atoms with E-state index >= 15 is 0 Å². The fraction of sp³-hybridized carbons (Fsp3) is 0.269. The van der Waals surface area contributed by atoms with Gasteiger partial charge in [-0.25, -0.2) is 0 Å². The summed E-state index contributed by atoms with van der Waals surface area (Å²) in [5.74, 6) is 1.15. The van der Waals surface area contributed by atoms with Gasteiger partial charge in [0.1, 0.15) is 5.75 Å². The molecule has 1 N–H and O–H groups in total. The molecule has 1 aliphatic heterocycles. The summed E-state index contributed by atoms with van der Waals surface area (Å²) in [6.07, 6.45) is 3.50. The van der Waals surface area contributed by atoms with Crippen LogP contribution in [0.2, 0.25) is 0 Å². The van der Waals surface area contributed by atoms with Gasteiger partial charge in [-0.15, -0.1) is 0 Å². The first kappa shape index (κ1) is 18.0. The second kappa shape index (κ2) is 7.40. The van der Waals surface area contributed by atoms with Gasteiger partial charge in [0, 0.05) is 23.2 Å². The first-order valence-electron chi connectivity index (χ1n) is 10.5. The number of anilines is 1. The topological polar surface area (TPSA) is 38.3 Å². The van der Waals surface area contributed by atoms with Gasteiger partial charge in [-0.1, -0.05) is 49.4 Å². The lowest BCUT2D eigenvalue weighted by atomic mass is 9.77. The number of allylic oxidation sites excluding steroid dienone is 1. The smallest absolute Gasteiger partial charge is 0.161 e. The van der Waals surface area contributed by atoms with Crippen molar-refractivity contribution in [3.63, 3.8) is 0 Å². The Bertz CT molecular complexity index is 1110. The Balaban J connectivity index is 1.63. The van der Waals surface area contributed by atoms with Gasteiger partial charge < -0.3 is 10.1 Å². The van der Waals surface area contributed by atoms with Crippen molar-refractivity contribution < 1.29 is 9.53 Å². The molecule has 29 heavy (non-hydrogen) atoms. The predicted octanol–water partition coefficient (Wildman–Crippen LogP) is 6.30. The third-order valence-corrected chi connectivity index (χ3v) is 5.96. The highest BCUT2D eigenvalue weighted by Gasteiger charge is 2.34. The Labute approximate surface area is 171 Å². The van der Waals surface area contributed by atoms with Crippen molar-refractivity contribution in [2.75, 3.05) is 11.9 Å². The van der Waals surface area contributed by atoms with Gasteiger partial charge in [0.2, 0.25) is 0 Å². The van der Waals surface area contributed by atoms with E-state index in [1.54, 1.807) is 0 Å². The van der Waals surface area contributed by atoms with Crippen LogP contribution in [0.3, 0.4) is 0 Å². The van der Waals surface area contributed by atoms with E-state index in [0.717, 1.165) is 48.4 Å². The highest BCUT2D eigenvalue weighted by atomic mass is 16.5. The molecule has 1 heterocycles. The Morgan fingerprint density at radius 1 is 1.00 bits per heavy atom. The molecule has 1 atom stereocenters. The molecule has 0 aromatic heterocycles. The highest BCUT2D eigenvalue weighted by Crippen LogP contribution is 2.47. The summed E-state index contributed by atoms with van der Waals surface area (Å²) in [6, 6.07) is 20.9. The van der Waals surface area contributed by atoms with Crippen LogP contribution in [0.4, 0.5) is 5.69 Å². The van der Waals surface area contributed by atoms with Crippen molar-refractivity contribution >= 4 is 27.8 Å². The lowest BCUT2D eigenvalue weighted by Crippen LogP contribution is -2.27. The maximum atomic E-state index is 13.0. The van der Waals surface area contributed by atoms with Crippen molar-refractivity contribution in [3.05, 3.63) is 77.4 Å². The molecular formula is C26H25NO2. The van der Waals surface area contributed by atoms with Gasteiger partial charge in [0.15, 0.2) is 5.78 Å². The SMILES string of the molecule is CCCOc1ccc([C@H]2Nc3ccc4ccccc4c3C3=C2C(=O)CCC3)cc1. The van der Waals surface area contributed by atoms with Crippen molar-refractivity contribution in [3.8, 4) is 5.75 Å². The molecule has 0 unspecified atom stereocenters. The molecule has 0 amide bonds. The van der Waals surface area contributed by atoms with E-state index in [1.807, 2.05) is 12.1 Å². The number of fused-ring (bicyclic) bond motifs is 4. The molecule has 3 nitrogen and oxygen atoms in total. The number of nitrogens with one attached hydrogen (secondary N) is 1. The molecule has 2 aliphatic rings. The molecule has 3 heteroatoms. The highest BCUT2D eigenvalue weighted by molar-refractivity contribution is 6.12. The van der Waals surface area contributed by atoms with E-state index in [0.29, 0.717) is 6.42 Å². The number of rotatable bonds is 4. The van der Waals surface area contributed by atoms with Gasteiger partial charge in [0.05, 0.1) is 12.6 Å². The van der Waals surface area contributed by atoms with Gasteiger partial charge >= 0.3 is 0 Å². The number of hydrogen-bond donors (Lipinski definition) is 1. The maximum absolute atomic E-state index is 13.0. The zero-order valence-electron chi connectivity index (χ0n) is 16.7. The Morgan fingerprint density at radius 3 is 2.66 bits per heavy atom. The zero-order chi connectivity index (χ0) is 19.8. The molecule has 0 saturated carbocycles. The molecule has 0 bridgehead atoms. The van der Waals surface area contributed by atoms with Crippen LogP contribution in [0, 0.1) is 0 Å². The number of hydrogen-bond acceptors (Lipinski definition) is 3. The second-order valence-electron chi connectivity index (χ2n) is 7.87. The summed E-state index contributed by atoms with van der Waals surface area (Å²) in [5.41, 5.74) is 5.61. The molecule has 1 aliphatic carbocycles. The minimum absolute atomic E-state index is 0.105. The quantitative estimate of drug-likeness (QED) is 0.574. The van der Waals surface area contributed by atoms with Crippen molar-refractivity contribution in [2.24, 2.45) is 0 Å². The molecule has 0 fully saturated rings. The summed E-state index contributed by atoms with van der Waals surface area (Å²) in [4.78, 5) is 13.0. The summed E-state index contributed by atoms with van der Waals surface area (Å²) >= 11 is 0. The molecule has 3 aromatic carbocycles. The van der Waals surface area contributed by atoms with Gasteiger partial charge in [-0.3, -0.25) is 4.79 Å². The predicted molar refractivity (Wildman–Crippen MR) is 118 cm³/mol. The number of carbonyl (C=O) groups is 1. The first-order chi connectivity index (χ1) is 14.3. The first-order valence-corrected chi connectivity index (χ1v) is 10.5.